The molecular formula is C17H23N3O6S. The number of carbonyl (C=O) groups excluding carboxylic acids is 3. The molecule has 9 nitrogen and oxygen atoms in total. The number of ether oxygens (including phenoxy) is 1. The van der Waals surface area contributed by atoms with Crippen LogP contribution in [-0.2, 0) is 29.1 Å². The van der Waals surface area contributed by atoms with Crippen molar-refractivity contribution in [3.05, 3.63) is 24.3 Å². The third kappa shape index (κ3) is 5.27. The molecule has 0 aromatic heterocycles. The first-order valence-electron chi connectivity index (χ1n) is 8.42. The number of esters is 1. The number of amides is 2. The Hall–Kier alpha value is -2.46. The molecule has 0 saturated carbocycles. The number of anilines is 1. The number of carbonyl (C=O) groups is 3. The van der Waals surface area contributed by atoms with Crippen molar-refractivity contribution in [2.24, 2.45) is 11.1 Å². The summed E-state index contributed by atoms with van der Waals surface area (Å²) in [5.74, 6) is -1.88. The van der Waals surface area contributed by atoms with Gasteiger partial charge in [0.05, 0.1) is 10.8 Å². The summed E-state index contributed by atoms with van der Waals surface area (Å²) in [7, 11) is -3.82. The van der Waals surface area contributed by atoms with Gasteiger partial charge < -0.3 is 15.0 Å². The molecule has 1 aliphatic rings. The number of primary sulfonamides is 1. The van der Waals surface area contributed by atoms with E-state index in [0.29, 0.717) is 5.69 Å². The van der Waals surface area contributed by atoms with Crippen LogP contribution in [0.5, 0.6) is 0 Å². The molecule has 2 atom stereocenters. The van der Waals surface area contributed by atoms with Gasteiger partial charge in [-0.25, -0.2) is 13.6 Å². The number of hydrogen-bond donors (Lipinski definition) is 2. The Labute approximate surface area is 157 Å². The summed E-state index contributed by atoms with van der Waals surface area (Å²) >= 11 is 0. The van der Waals surface area contributed by atoms with Crippen molar-refractivity contribution in [3.8, 4) is 0 Å². The van der Waals surface area contributed by atoms with Crippen LogP contribution in [0.3, 0.4) is 0 Å². The summed E-state index contributed by atoms with van der Waals surface area (Å²) < 4.78 is 27.6. The maximum Gasteiger partial charge on any atom is 0.312 e. The van der Waals surface area contributed by atoms with Gasteiger partial charge in [0.15, 0.2) is 6.10 Å². The van der Waals surface area contributed by atoms with E-state index in [1.807, 2.05) is 13.8 Å². The number of nitrogens with zero attached hydrogens (tertiary/aromatic N) is 1. The van der Waals surface area contributed by atoms with Crippen molar-refractivity contribution in [2.75, 3.05) is 11.9 Å². The number of likely N-dealkylation sites (tertiary alicyclic amines) is 1. The lowest BCUT2D eigenvalue weighted by molar-refractivity contribution is -0.157. The molecular weight excluding hydrogens is 374 g/mol. The fourth-order valence-corrected chi connectivity index (χ4v) is 3.20. The zero-order chi connectivity index (χ0) is 20.4. The minimum atomic E-state index is -3.82. The average molecular weight is 397 g/mol. The van der Waals surface area contributed by atoms with E-state index in [2.05, 4.69) is 5.32 Å². The molecule has 1 fully saturated rings. The second-order valence-electron chi connectivity index (χ2n) is 6.68. The highest BCUT2D eigenvalue weighted by Gasteiger charge is 2.37. The van der Waals surface area contributed by atoms with Crippen LogP contribution in [0.15, 0.2) is 29.2 Å². The molecule has 0 radical (unpaired) electrons. The fourth-order valence-electron chi connectivity index (χ4n) is 2.68. The molecule has 0 bridgehead atoms. The Morgan fingerprint density at radius 2 is 1.81 bits per heavy atom. The second kappa shape index (κ2) is 8.05. The van der Waals surface area contributed by atoms with Gasteiger partial charge in [-0.3, -0.25) is 14.4 Å². The quantitative estimate of drug-likeness (QED) is 0.669. The zero-order valence-corrected chi connectivity index (χ0v) is 16.2. The highest BCUT2D eigenvalue weighted by molar-refractivity contribution is 7.89. The van der Waals surface area contributed by atoms with Gasteiger partial charge in [-0.15, -0.1) is 0 Å². The lowest BCUT2D eigenvalue weighted by Gasteiger charge is -2.21. The fraction of sp³-hybridized carbons (Fsp3) is 0.471. The summed E-state index contributed by atoms with van der Waals surface area (Å²) in [6.45, 7) is 5.42. The van der Waals surface area contributed by atoms with Gasteiger partial charge in [0, 0.05) is 24.7 Å². The van der Waals surface area contributed by atoms with Gasteiger partial charge in [-0.1, -0.05) is 0 Å². The molecule has 3 N–H and O–H groups in total. The third-order valence-electron chi connectivity index (χ3n) is 4.23. The van der Waals surface area contributed by atoms with E-state index in [-0.39, 0.29) is 29.8 Å². The van der Waals surface area contributed by atoms with E-state index < -0.39 is 33.9 Å². The van der Waals surface area contributed by atoms with Crippen LogP contribution in [-0.4, -0.2) is 49.8 Å². The number of hydrogen-bond acceptors (Lipinski definition) is 6. The van der Waals surface area contributed by atoms with Gasteiger partial charge in [-0.05, 0) is 45.0 Å². The SMILES string of the molecule is CC(OC(=O)C1CC(=O)N(C(C)C)C1)C(=O)Nc1ccc(S(N)(=O)=O)cc1. The first-order valence-corrected chi connectivity index (χ1v) is 9.97. The van der Waals surface area contributed by atoms with E-state index in [9.17, 15) is 22.8 Å². The first kappa shape index (κ1) is 20.8. The summed E-state index contributed by atoms with van der Waals surface area (Å²) in [5.41, 5.74) is 0.331. The van der Waals surface area contributed by atoms with Crippen LogP contribution in [0.1, 0.15) is 27.2 Å². The summed E-state index contributed by atoms with van der Waals surface area (Å²) in [6, 6.07) is 5.26. The third-order valence-corrected chi connectivity index (χ3v) is 5.16. The molecule has 10 heteroatoms. The van der Waals surface area contributed by atoms with Crippen molar-refractivity contribution < 1.29 is 27.5 Å². The summed E-state index contributed by atoms with van der Waals surface area (Å²) in [6.07, 6.45) is -1.00. The monoisotopic (exact) mass is 397 g/mol. The number of nitrogens with one attached hydrogen (secondary N) is 1. The number of sulfonamides is 1. The molecule has 27 heavy (non-hydrogen) atoms. The van der Waals surface area contributed by atoms with Crippen LogP contribution in [0.2, 0.25) is 0 Å². The van der Waals surface area contributed by atoms with Crippen LogP contribution in [0.25, 0.3) is 0 Å². The second-order valence-corrected chi connectivity index (χ2v) is 8.24. The van der Waals surface area contributed by atoms with E-state index in [0.717, 1.165) is 0 Å². The van der Waals surface area contributed by atoms with Gasteiger partial charge >= 0.3 is 5.97 Å². The van der Waals surface area contributed by atoms with Crippen LogP contribution >= 0.6 is 0 Å². The summed E-state index contributed by atoms with van der Waals surface area (Å²) in [5, 5.41) is 7.53. The number of benzene rings is 1. The van der Waals surface area contributed by atoms with E-state index in [1.54, 1.807) is 4.90 Å². The maximum atomic E-state index is 12.2. The lowest BCUT2D eigenvalue weighted by atomic mass is 10.1. The van der Waals surface area contributed by atoms with Crippen LogP contribution < -0.4 is 10.5 Å². The molecule has 148 valence electrons. The Morgan fingerprint density at radius 1 is 1.22 bits per heavy atom. The van der Waals surface area contributed by atoms with Crippen molar-refractivity contribution in [1.29, 1.82) is 0 Å². The van der Waals surface area contributed by atoms with Gasteiger partial charge in [0.1, 0.15) is 0 Å². The highest BCUT2D eigenvalue weighted by Crippen LogP contribution is 2.22. The molecule has 2 amide bonds. The minimum Gasteiger partial charge on any atom is -0.452 e. The minimum absolute atomic E-state index is 0.00340. The largest absolute Gasteiger partial charge is 0.452 e. The lowest BCUT2D eigenvalue weighted by Crippen LogP contribution is -2.35. The highest BCUT2D eigenvalue weighted by atomic mass is 32.2. The van der Waals surface area contributed by atoms with Gasteiger partial charge in [-0.2, -0.15) is 0 Å². The molecule has 1 heterocycles. The van der Waals surface area contributed by atoms with E-state index in [1.165, 1.54) is 31.2 Å². The maximum absolute atomic E-state index is 12.2. The van der Waals surface area contributed by atoms with E-state index >= 15 is 0 Å². The van der Waals surface area contributed by atoms with Crippen molar-refractivity contribution in [2.45, 2.75) is 44.2 Å². The standard InChI is InChI=1S/C17H23N3O6S/c1-10(2)20-9-12(8-15(20)21)17(23)26-11(3)16(22)19-13-4-6-14(7-5-13)27(18,24)25/h4-7,10-12H,8-9H2,1-3H3,(H,19,22)(H2,18,24,25). The molecule has 0 aliphatic carbocycles. The molecule has 0 spiro atoms. The van der Waals surface area contributed by atoms with Crippen molar-refractivity contribution >= 4 is 33.5 Å². The Balaban J connectivity index is 1.92. The Morgan fingerprint density at radius 3 is 2.30 bits per heavy atom. The number of rotatable bonds is 6. The molecule has 2 rings (SSSR count). The van der Waals surface area contributed by atoms with Crippen molar-refractivity contribution in [1.82, 2.24) is 4.90 Å². The molecule has 1 aromatic carbocycles. The molecule has 1 aliphatic heterocycles. The summed E-state index contributed by atoms with van der Waals surface area (Å²) in [4.78, 5) is 37.8. The molecule has 1 aromatic rings. The predicted octanol–water partition coefficient (Wildman–Crippen LogP) is 0.461. The zero-order valence-electron chi connectivity index (χ0n) is 15.3. The van der Waals surface area contributed by atoms with Crippen LogP contribution in [0.4, 0.5) is 5.69 Å². The van der Waals surface area contributed by atoms with Crippen LogP contribution in [0, 0.1) is 5.92 Å². The molecule has 1 saturated heterocycles. The average Bonchev–Trinajstić information content (AvgIpc) is 2.96. The van der Waals surface area contributed by atoms with E-state index in [4.69, 9.17) is 9.88 Å². The first-order chi connectivity index (χ1) is 12.5. The Bertz CT molecular complexity index is 835. The van der Waals surface area contributed by atoms with Gasteiger partial charge in [0.2, 0.25) is 15.9 Å². The predicted molar refractivity (Wildman–Crippen MR) is 97.0 cm³/mol. The Kier molecular flexibility index (Phi) is 6.22. The topological polar surface area (TPSA) is 136 Å². The normalized spacial score (nSPS) is 18.5. The van der Waals surface area contributed by atoms with Gasteiger partial charge in [0.25, 0.3) is 5.91 Å². The smallest absolute Gasteiger partial charge is 0.312 e. The number of nitrogens with two attached hydrogens (primary N) is 1. The van der Waals surface area contributed by atoms with Crippen molar-refractivity contribution in [3.63, 3.8) is 0 Å². The molecule has 2 unspecified atom stereocenters.